The molecule has 0 amide bonds. The molecule has 0 saturated heterocycles. The molecule has 1 fully saturated rings. The fraction of sp³-hybridized carbons (Fsp3) is 0.364. The van der Waals surface area contributed by atoms with Gasteiger partial charge in [-0.15, -0.1) is 11.8 Å². The van der Waals surface area contributed by atoms with Gasteiger partial charge < -0.3 is 4.74 Å². The summed E-state index contributed by atoms with van der Waals surface area (Å²) in [6.45, 7) is 0. The molecular weight excluding hydrogens is 344 g/mol. The van der Waals surface area contributed by atoms with Gasteiger partial charge in [-0.1, -0.05) is 48.5 Å². The van der Waals surface area contributed by atoms with Crippen molar-refractivity contribution in [2.45, 2.75) is 36.3 Å². The summed E-state index contributed by atoms with van der Waals surface area (Å²) in [6.07, 6.45) is 3.00. The Hall–Kier alpha value is -2.07. The fourth-order valence-corrected chi connectivity index (χ4v) is 4.52. The lowest BCUT2D eigenvalue weighted by Crippen LogP contribution is -2.27. The number of ether oxygens (including phenoxy) is 1. The number of carbonyl (C=O) groups is 2. The number of rotatable bonds is 6. The van der Waals surface area contributed by atoms with Crippen LogP contribution in [0.3, 0.4) is 0 Å². The van der Waals surface area contributed by atoms with Crippen molar-refractivity contribution in [3.05, 3.63) is 65.7 Å². The zero-order chi connectivity index (χ0) is 18.4. The largest absolute Gasteiger partial charge is 0.469 e. The molecule has 0 radical (unpaired) electrons. The van der Waals surface area contributed by atoms with Crippen LogP contribution in [0.1, 0.15) is 41.6 Å². The second-order valence-electron chi connectivity index (χ2n) is 6.71. The van der Waals surface area contributed by atoms with E-state index in [2.05, 4.69) is 12.1 Å². The van der Waals surface area contributed by atoms with Gasteiger partial charge in [-0.25, -0.2) is 0 Å². The average Bonchev–Trinajstić information content (AvgIpc) is 2.72. The van der Waals surface area contributed by atoms with Crippen molar-refractivity contribution in [3.8, 4) is 0 Å². The number of hydrogen-bond donors (Lipinski definition) is 0. The molecule has 0 heterocycles. The molecule has 0 aromatic heterocycles. The number of Topliss-reactive ketones (excluding diaryl/α,β-unsaturated/α-hetero) is 1. The van der Waals surface area contributed by atoms with Gasteiger partial charge in [0, 0.05) is 22.1 Å². The standard InChI is InChI=1S/C22H24O3S/c1-25-22(24)18-13-11-17(12-14-18)21(23)19-9-5-6-10-20(19)26-15-16-7-3-2-4-8-16/h2-10,17-18H,11-15H2,1H3. The van der Waals surface area contributed by atoms with Crippen LogP contribution in [-0.2, 0) is 15.3 Å². The third-order valence-corrected chi connectivity index (χ3v) is 6.17. The van der Waals surface area contributed by atoms with E-state index in [0.717, 1.165) is 41.9 Å². The van der Waals surface area contributed by atoms with Crippen LogP contribution < -0.4 is 0 Å². The van der Waals surface area contributed by atoms with Gasteiger partial charge in [-0.05, 0) is 37.3 Å². The molecule has 0 N–H and O–H groups in total. The van der Waals surface area contributed by atoms with Gasteiger partial charge in [0.25, 0.3) is 0 Å². The van der Waals surface area contributed by atoms with Crippen LogP contribution in [0, 0.1) is 11.8 Å². The molecule has 2 aromatic rings. The van der Waals surface area contributed by atoms with Crippen LogP contribution in [0.25, 0.3) is 0 Å². The fourth-order valence-electron chi connectivity index (χ4n) is 3.51. The van der Waals surface area contributed by atoms with Crippen LogP contribution in [0.2, 0.25) is 0 Å². The highest BCUT2D eigenvalue weighted by atomic mass is 32.2. The quantitative estimate of drug-likeness (QED) is 0.402. The molecule has 136 valence electrons. The van der Waals surface area contributed by atoms with E-state index in [-0.39, 0.29) is 23.6 Å². The maximum Gasteiger partial charge on any atom is 0.308 e. The van der Waals surface area contributed by atoms with Gasteiger partial charge in [0.05, 0.1) is 13.0 Å². The van der Waals surface area contributed by atoms with Crippen LogP contribution in [-0.4, -0.2) is 18.9 Å². The number of ketones is 1. The first-order valence-corrected chi connectivity index (χ1v) is 10.1. The summed E-state index contributed by atoms with van der Waals surface area (Å²) in [5.41, 5.74) is 2.06. The second kappa shape index (κ2) is 9.04. The number of methoxy groups -OCH3 is 1. The molecule has 1 saturated carbocycles. The van der Waals surface area contributed by atoms with Gasteiger partial charge in [-0.3, -0.25) is 9.59 Å². The zero-order valence-corrected chi connectivity index (χ0v) is 15.8. The lowest BCUT2D eigenvalue weighted by atomic mass is 9.78. The SMILES string of the molecule is COC(=O)C1CCC(C(=O)c2ccccc2SCc2ccccc2)CC1. The molecule has 2 aromatic carbocycles. The normalized spacial score (nSPS) is 19.7. The van der Waals surface area contributed by atoms with E-state index in [0.29, 0.717) is 0 Å². The Balaban J connectivity index is 1.65. The van der Waals surface area contributed by atoms with E-state index in [4.69, 9.17) is 4.74 Å². The second-order valence-corrected chi connectivity index (χ2v) is 7.72. The third-order valence-electron chi connectivity index (χ3n) is 5.02. The Labute approximate surface area is 159 Å². The predicted molar refractivity (Wildman–Crippen MR) is 104 cm³/mol. The highest BCUT2D eigenvalue weighted by Crippen LogP contribution is 2.34. The summed E-state index contributed by atoms with van der Waals surface area (Å²) < 4.78 is 4.84. The molecular formula is C22H24O3S. The van der Waals surface area contributed by atoms with Gasteiger partial charge in [0.2, 0.25) is 0 Å². The minimum absolute atomic E-state index is 0.00869. The molecule has 1 aliphatic rings. The average molecular weight is 368 g/mol. The predicted octanol–water partition coefficient (Wildman–Crippen LogP) is 5.14. The van der Waals surface area contributed by atoms with Crippen LogP contribution in [0.4, 0.5) is 0 Å². The molecule has 4 heteroatoms. The highest BCUT2D eigenvalue weighted by Gasteiger charge is 2.31. The number of thioether (sulfide) groups is 1. The Kier molecular flexibility index (Phi) is 6.51. The summed E-state index contributed by atoms with van der Waals surface area (Å²) in [5.74, 6) is 0.876. The van der Waals surface area contributed by atoms with Crippen molar-refractivity contribution in [1.29, 1.82) is 0 Å². The van der Waals surface area contributed by atoms with Crippen molar-refractivity contribution in [1.82, 2.24) is 0 Å². The number of hydrogen-bond acceptors (Lipinski definition) is 4. The first kappa shape index (κ1) is 18.7. The maximum atomic E-state index is 13.0. The third kappa shape index (κ3) is 4.55. The molecule has 3 nitrogen and oxygen atoms in total. The van der Waals surface area contributed by atoms with Crippen LogP contribution >= 0.6 is 11.8 Å². The number of esters is 1. The van der Waals surface area contributed by atoms with Gasteiger partial charge >= 0.3 is 5.97 Å². The van der Waals surface area contributed by atoms with Crippen molar-refractivity contribution < 1.29 is 14.3 Å². The van der Waals surface area contributed by atoms with Crippen LogP contribution in [0.5, 0.6) is 0 Å². The Morgan fingerprint density at radius 1 is 0.923 bits per heavy atom. The lowest BCUT2D eigenvalue weighted by Gasteiger charge is -2.26. The monoisotopic (exact) mass is 368 g/mol. The first-order valence-electron chi connectivity index (χ1n) is 9.07. The number of carbonyl (C=O) groups excluding carboxylic acids is 2. The topological polar surface area (TPSA) is 43.4 Å². The highest BCUT2D eigenvalue weighted by molar-refractivity contribution is 7.98. The van der Waals surface area contributed by atoms with Crippen molar-refractivity contribution in [2.75, 3.05) is 7.11 Å². The smallest absolute Gasteiger partial charge is 0.308 e. The van der Waals surface area contributed by atoms with E-state index in [1.165, 1.54) is 12.7 Å². The molecule has 0 spiro atoms. The molecule has 3 rings (SSSR count). The minimum atomic E-state index is -0.144. The summed E-state index contributed by atoms with van der Waals surface area (Å²) in [6, 6.07) is 18.2. The molecule has 0 aliphatic heterocycles. The van der Waals surface area contributed by atoms with E-state index in [1.54, 1.807) is 11.8 Å². The van der Waals surface area contributed by atoms with Gasteiger partial charge in [0.1, 0.15) is 0 Å². The molecule has 1 aliphatic carbocycles. The Bertz CT molecular complexity index is 749. The zero-order valence-electron chi connectivity index (χ0n) is 15.0. The summed E-state index contributed by atoms with van der Waals surface area (Å²) >= 11 is 1.71. The first-order chi connectivity index (χ1) is 12.7. The van der Waals surface area contributed by atoms with E-state index in [9.17, 15) is 9.59 Å². The lowest BCUT2D eigenvalue weighted by molar-refractivity contribution is -0.146. The summed E-state index contributed by atoms with van der Waals surface area (Å²) in [4.78, 5) is 25.8. The Morgan fingerprint density at radius 2 is 1.54 bits per heavy atom. The Morgan fingerprint density at radius 3 is 2.23 bits per heavy atom. The molecule has 0 bridgehead atoms. The van der Waals surface area contributed by atoms with Crippen LogP contribution in [0.15, 0.2) is 59.5 Å². The minimum Gasteiger partial charge on any atom is -0.469 e. The number of benzene rings is 2. The summed E-state index contributed by atoms with van der Waals surface area (Å²) in [5, 5.41) is 0. The van der Waals surface area contributed by atoms with E-state index >= 15 is 0 Å². The van der Waals surface area contributed by atoms with Crippen molar-refractivity contribution in [3.63, 3.8) is 0 Å². The van der Waals surface area contributed by atoms with Crippen molar-refractivity contribution in [2.24, 2.45) is 11.8 Å². The van der Waals surface area contributed by atoms with Gasteiger partial charge in [0.15, 0.2) is 5.78 Å². The van der Waals surface area contributed by atoms with Crippen molar-refractivity contribution >= 4 is 23.5 Å². The molecule has 26 heavy (non-hydrogen) atoms. The summed E-state index contributed by atoms with van der Waals surface area (Å²) in [7, 11) is 1.43. The maximum absolute atomic E-state index is 13.0. The van der Waals surface area contributed by atoms with E-state index in [1.807, 2.05) is 42.5 Å². The van der Waals surface area contributed by atoms with E-state index < -0.39 is 0 Å². The van der Waals surface area contributed by atoms with Gasteiger partial charge in [-0.2, -0.15) is 0 Å². The molecule has 0 unspecified atom stereocenters. The molecule has 0 atom stereocenters.